The van der Waals surface area contributed by atoms with Crippen LogP contribution < -0.4 is 5.32 Å². The topological polar surface area (TPSA) is 92.5 Å². The molecule has 34 heavy (non-hydrogen) atoms. The minimum Gasteiger partial charge on any atom is -0.355 e. The van der Waals surface area contributed by atoms with Crippen LogP contribution >= 0.6 is 15.9 Å². The van der Waals surface area contributed by atoms with E-state index in [-0.39, 0.29) is 35.6 Å². The molecule has 178 valence electrons. The van der Waals surface area contributed by atoms with Crippen LogP contribution in [-0.4, -0.2) is 36.9 Å². The van der Waals surface area contributed by atoms with Crippen molar-refractivity contribution in [3.05, 3.63) is 75.6 Å². The van der Waals surface area contributed by atoms with Crippen molar-refractivity contribution < 1.29 is 17.7 Å². The Balaban J connectivity index is 1.45. The summed E-state index contributed by atoms with van der Waals surface area (Å²) in [7, 11) is -3.82. The molecule has 1 fully saturated rings. The monoisotopic (exact) mass is 543 g/mol. The molecule has 3 aromatic rings. The van der Waals surface area contributed by atoms with E-state index in [1.165, 1.54) is 4.31 Å². The summed E-state index contributed by atoms with van der Waals surface area (Å²) < 4.78 is 34.5. The third kappa shape index (κ3) is 5.48. The molecule has 9 heteroatoms. The molecular formula is C25H26BrN3O4S. The Bertz CT molecular complexity index is 1310. The molecule has 1 aliphatic rings. The van der Waals surface area contributed by atoms with Gasteiger partial charge in [0.25, 0.3) is 0 Å². The van der Waals surface area contributed by atoms with Crippen LogP contribution in [0.15, 0.2) is 62.4 Å². The number of anilines is 1. The van der Waals surface area contributed by atoms with Crippen LogP contribution in [0.3, 0.4) is 0 Å². The maximum absolute atomic E-state index is 13.4. The standard InChI is InChI=1S/C25H26BrN3O4S/c1-17-6-8-19(9-7-17)10-11-23-24(18(2)28-33-23)34(31,32)29-14-12-20(13-15-29)25(30)27-22-5-3-4-21(26)16-22/h3-11,16,20H,12-15H2,1-2H3,(H,27,30)/b11-10+. The van der Waals surface area contributed by atoms with Crippen LogP contribution in [0.25, 0.3) is 12.2 Å². The normalized spacial score (nSPS) is 15.6. The van der Waals surface area contributed by atoms with E-state index in [4.69, 9.17) is 4.52 Å². The van der Waals surface area contributed by atoms with Crippen molar-refractivity contribution in [2.24, 2.45) is 5.92 Å². The molecule has 0 bridgehead atoms. The minimum absolute atomic E-state index is 0.0768. The summed E-state index contributed by atoms with van der Waals surface area (Å²) in [6.45, 7) is 4.14. The van der Waals surface area contributed by atoms with Crippen LogP contribution in [0.5, 0.6) is 0 Å². The Morgan fingerprint density at radius 2 is 1.82 bits per heavy atom. The third-order valence-corrected chi connectivity index (χ3v) is 8.40. The molecule has 1 saturated heterocycles. The quantitative estimate of drug-likeness (QED) is 0.457. The number of nitrogens with one attached hydrogen (secondary N) is 1. The first-order valence-electron chi connectivity index (χ1n) is 11.0. The SMILES string of the molecule is Cc1ccc(/C=C/c2onc(C)c2S(=O)(=O)N2CCC(C(=O)Nc3cccc(Br)c3)CC2)cc1. The lowest BCUT2D eigenvalue weighted by molar-refractivity contribution is -0.120. The highest BCUT2D eigenvalue weighted by Crippen LogP contribution is 2.30. The molecule has 2 heterocycles. The Kier molecular flexibility index (Phi) is 7.35. The molecule has 1 aromatic heterocycles. The smallest absolute Gasteiger partial charge is 0.248 e. The van der Waals surface area contributed by atoms with Gasteiger partial charge in [-0.15, -0.1) is 0 Å². The fraction of sp³-hybridized carbons (Fsp3) is 0.280. The number of benzene rings is 2. The number of hydrogen-bond donors (Lipinski definition) is 1. The van der Waals surface area contributed by atoms with Gasteiger partial charge < -0.3 is 9.84 Å². The number of piperidine rings is 1. The van der Waals surface area contributed by atoms with Gasteiger partial charge in [-0.2, -0.15) is 4.31 Å². The van der Waals surface area contributed by atoms with E-state index in [0.29, 0.717) is 24.2 Å². The fourth-order valence-corrected chi connectivity index (χ4v) is 6.07. The molecule has 1 amide bonds. The lowest BCUT2D eigenvalue weighted by Gasteiger charge is -2.30. The summed E-state index contributed by atoms with van der Waals surface area (Å²) in [5, 5.41) is 6.82. The van der Waals surface area contributed by atoms with E-state index in [0.717, 1.165) is 15.6 Å². The van der Waals surface area contributed by atoms with Crippen molar-refractivity contribution in [1.29, 1.82) is 0 Å². The van der Waals surface area contributed by atoms with Gasteiger partial charge in [-0.25, -0.2) is 8.42 Å². The summed E-state index contributed by atoms with van der Waals surface area (Å²) in [4.78, 5) is 12.8. The van der Waals surface area contributed by atoms with Gasteiger partial charge >= 0.3 is 0 Å². The molecule has 1 aliphatic heterocycles. The number of hydrogen-bond acceptors (Lipinski definition) is 5. The Hall–Kier alpha value is -2.75. The van der Waals surface area contributed by atoms with Gasteiger partial charge in [0.1, 0.15) is 5.69 Å². The van der Waals surface area contributed by atoms with Crippen LogP contribution in [0.2, 0.25) is 0 Å². The van der Waals surface area contributed by atoms with Gasteiger partial charge in [0.2, 0.25) is 15.9 Å². The highest BCUT2D eigenvalue weighted by atomic mass is 79.9. The highest BCUT2D eigenvalue weighted by molar-refractivity contribution is 9.10. The van der Waals surface area contributed by atoms with Crippen molar-refractivity contribution in [1.82, 2.24) is 9.46 Å². The number of halogens is 1. The zero-order valence-corrected chi connectivity index (χ0v) is 21.4. The summed E-state index contributed by atoms with van der Waals surface area (Å²) >= 11 is 3.39. The van der Waals surface area contributed by atoms with Gasteiger partial charge in [-0.3, -0.25) is 4.79 Å². The van der Waals surface area contributed by atoms with Crippen LogP contribution in [0, 0.1) is 19.8 Å². The molecule has 7 nitrogen and oxygen atoms in total. The van der Waals surface area contributed by atoms with Gasteiger partial charge in [-0.05, 0) is 56.5 Å². The number of nitrogens with zero attached hydrogens (tertiary/aromatic N) is 2. The van der Waals surface area contributed by atoms with Crippen molar-refractivity contribution in [2.45, 2.75) is 31.6 Å². The molecule has 1 N–H and O–H groups in total. The minimum atomic E-state index is -3.82. The van der Waals surface area contributed by atoms with E-state index in [9.17, 15) is 13.2 Å². The summed E-state index contributed by atoms with van der Waals surface area (Å²) in [6, 6.07) is 15.3. The molecule has 2 aromatic carbocycles. The molecule has 0 aliphatic carbocycles. The van der Waals surface area contributed by atoms with Crippen LogP contribution in [0.1, 0.15) is 35.4 Å². The van der Waals surface area contributed by atoms with E-state index >= 15 is 0 Å². The maximum atomic E-state index is 13.4. The van der Waals surface area contributed by atoms with E-state index in [1.54, 1.807) is 19.1 Å². The Morgan fingerprint density at radius 1 is 1.12 bits per heavy atom. The first-order valence-corrected chi connectivity index (χ1v) is 13.2. The molecule has 0 saturated carbocycles. The predicted molar refractivity (Wildman–Crippen MR) is 136 cm³/mol. The zero-order chi connectivity index (χ0) is 24.3. The molecular weight excluding hydrogens is 518 g/mol. The first-order chi connectivity index (χ1) is 16.2. The van der Waals surface area contributed by atoms with Crippen molar-refractivity contribution in [2.75, 3.05) is 18.4 Å². The summed E-state index contributed by atoms with van der Waals surface area (Å²) in [5.74, 6) is -0.152. The lowest BCUT2D eigenvalue weighted by atomic mass is 9.97. The fourth-order valence-electron chi connectivity index (χ4n) is 3.95. The zero-order valence-electron chi connectivity index (χ0n) is 19.0. The van der Waals surface area contributed by atoms with E-state index in [2.05, 4.69) is 26.4 Å². The second-order valence-electron chi connectivity index (χ2n) is 8.38. The second kappa shape index (κ2) is 10.2. The van der Waals surface area contributed by atoms with Crippen molar-refractivity contribution >= 4 is 49.7 Å². The highest BCUT2D eigenvalue weighted by Gasteiger charge is 2.35. The molecule has 0 radical (unpaired) electrons. The molecule has 0 spiro atoms. The van der Waals surface area contributed by atoms with Crippen molar-refractivity contribution in [3.8, 4) is 0 Å². The van der Waals surface area contributed by atoms with Gasteiger partial charge in [0.15, 0.2) is 10.7 Å². The number of carbonyl (C=O) groups excluding carboxylic acids is 1. The Morgan fingerprint density at radius 3 is 2.50 bits per heavy atom. The number of aromatic nitrogens is 1. The Labute approximate surface area is 208 Å². The summed E-state index contributed by atoms with van der Waals surface area (Å²) in [6.07, 6.45) is 4.32. The van der Waals surface area contributed by atoms with E-state index in [1.807, 2.05) is 55.5 Å². The van der Waals surface area contributed by atoms with Gasteiger partial charge in [0, 0.05) is 29.2 Å². The number of carbonyl (C=O) groups is 1. The van der Waals surface area contributed by atoms with Crippen molar-refractivity contribution in [3.63, 3.8) is 0 Å². The molecule has 0 atom stereocenters. The molecule has 4 rings (SSSR count). The van der Waals surface area contributed by atoms with E-state index < -0.39 is 10.0 Å². The molecule has 0 unspecified atom stereocenters. The number of amides is 1. The van der Waals surface area contributed by atoms with Gasteiger partial charge in [-0.1, -0.05) is 63.1 Å². The number of aryl methyl sites for hydroxylation is 2. The average Bonchev–Trinajstić information content (AvgIpc) is 3.20. The summed E-state index contributed by atoms with van der Waals surface area (Å²) in [5.41, 5.74) is 3.10. The third-order valence-electron chi connectivity index (χ3n) is 5.85. The number of sulfonamides is 1. The second-order valence-corrected chi connectivity index (χ2v) is 11.2. The average molecular weight is 544 g/mol. The maximum Gasteiger partial charge on any atom is 0.248 e. The van der Waals surface area contributed by atoms with Crippen LogP contribution in [-0.2, 0) is 14.8 Å². The van der Waals surface area contributed by atoms with Crippen LogP contribution in [0.4, 0.5) is 5.69 Å². The first kappa shape index (κ1) is 24.4. The lowest BCUT2D eigenvalue weighted by Crippen LogP contribution is -2.41. The number of rotatable bonds is 6. The van der Waals surface area contributed by atoms with Gasteiger partial charge in [0.05, 0.1) is 0 Å². The largest absolute Gasteiger partial charge is 0.355 e. The predicted octanol–water partition coefficient (Wildman–Crippen LogP) is 5.26.